The van der Waals surface area contributed by atoms with Gasteiger partial charge in [0.2, 0.25) is 5.91 Å². The molecule has 2 heterocycles. The maximum absolute atomic E-state index is 12.1. The van der Waals surface area contributed by atoms with Crippen molar-refractivity contribution in [3.63, 3.8) is 0 Å². The summed E-state index contributed by atoms with van der Waals surface area (Å²) < 4.78 is 0. The van der Waals surface area contributed by atoms with Crippen LogP contribution < -0.4 is 10.2 Å². The van der Waals surface area contributed by atoms with Crippen LogP contribution in [0.15, 0.2) is 48.7 Å². The molecule has 6 nitrogen and oxygen atoms in total. The van der Waals surface area contributed by atoms with Crippen LogP contribution in [0.1, 0.15) is 16.7 Å². The highest BCUT2D eigenvalue weighted by molar-refractivity contribution is 5.91. The van der Waals surface area contributed by atoms with Crippen molar-refractivity contribution in [2.45, 2.75) is 6.54 Å². The quantitative estimate of drug-likeness (QED) is 0.825. The molecule has 27 heavy (non-hydrogen) atoms. The van der Waals surface area contributed by atoms with Crippen LogP contribution in [0.5, 0.6) is 0 Å². The van der Waals surface area contributed by atoms with Crippen molar-refractivity contribution in [2.24, 2.45) is 0 Å². The van der Waals surface area contributed by atoms with Gasteiger partial charge in [-0.15, -0.1) is 0 Å². The van der Waals surface area contributed by atoms with E-state index in [1.54, 1.807) is 24.4 Å². The van der Waals surface area contributed by atoms with E-state index in [9.17, 15) is 4.79 Å². The minimum absolute atomic E-state index is 0.155. The number of benzene rings is 1. The van der Waals surface area contributed by atoms with Gasteiger partial charge in [-0.1, -0.05) is 12.1 Å². The molecule has 1 aliphatic heterocycles. The number of nitrogens with one attached hydrogen (secondary N) is 1. The summed E-state index contributed by atoms with van der Waals surface area (Å²) in [5.41, 5.74) is 2.51. The van der Waals surface area contributed by atoms with Gasteiger partial charge in [0.15, 0.2) is 0 Å². The van der Waals surface area contributed by atoms with E-state index in [2.05, 4.69) is 33.2 Å². The van der Waals surface area contributed by atoms with Crippen molar-refractivity contribution in [2.75, 3.05) is 38.1 Å². The van der Waals surface area contributed by atoms with Gasteiger partial charge in [-0.25, -0.2) is 4.98 Å². The summed E-state index contributed by atoms with van der Waals surface area (Å²) in [4.78, 5) is 21.1. The van der Waals surface area contributed by atoms with Gasteiger partial charge in [0.1, 0.15) is 5.82 Å². The Morgan fingerprint density at radius 3 is 2.67 bits per heavy atom. The molecule has 0 aliphatic carbocycles. The van der Waals surface area contributed by atoms with Gasteiger partial charge in [-0.2, -0.15) is 5.26 Å². The molecule has 0 bridgehead atoms. The van der Waals surface area contributed by atoms with E-state index >= 15 is 0 Å². The highest BCUT2D eigenvalue weighted by Crippen LogP contribution is 2.14. The van der Waals surface area contributed by atoms with E-state index in [-0.39, 0.29) is 5.91 Å². The minimum Gasteiger partial charge on any atom is -0.354 e. The molecule has 1 aromatic carbocycles. The lowest BCUT2D eigenvalue weighted by Crippen LogP contribution is -2.44. The summed E-state index contributed by atoms with van der Waals surface area (Å²) in [5.74, 6) is 0.806. The largest absolute Gasteiger partial charge is 0.354 e. The lowest BCUT2D eigenvalue weighted by Gasteiger charge is -2.33. The van der Waals surface area contributed by atoms with E-state index < -0.39 is 0 Å². The molecule has 1 aliphatic rings. The first-order valence-corrected chi connectivity index (χ1v) is 8.98. The molecule has 3 rings (SSSR count). The first kappa shape index (κ1) is 18.6. The predicted octanol–water partition coefficient (Wildman–Crippen LogP) is 2.03. The van der Waals surface area contributed by atoms with Crippen LogP contribution in [0.3, 0.4) is 0 Å². The number of aromatic nitrogens is 1. The second-order valence-electron chi connectivity index (χ2n) is 6.60. The number of likely N-dealkylation sites (N-methyl/N-ethyl adjacent to an activating group) is 1. The normalized spacial score (nSPS) is 14.9. The van der Waals surface area contributed by atoms with Crippen molar-refractivity contribution < 1.29 is 4.79 Å². The van der Waals surface area contributed by atoms with Crippen molar-refractivity contribution in [1.82, 2.24) is 15.2 Å². The lowest BCUT2D eigenvalue weighted by atomic mass is 10.1. The van der Waals surface area contributed by atoms with Crippen LogP contribution in [0.25, 0.3) is 6.08 Å². The molecule has 1 saturated heterocycles. The summed E-state index contributed by atoms with van der Waals surface area (Å²) in [6, 6.07) is 13.1. The molecule has 1 aromatic heterocycles. The number of hydrogen-bond acceptors (Lipinski definition) is 5. The minimum atomic E-state index is -0.155. The van der Waals surface area contributed by atoms with Gasteiger partial charge in [0, 0.05) is 45.0 Å². The molecule has 2 aromatic rings. The van der Waals surface area contributed by atoms with Gasteiger partial charge < -0.3 is 15.1 Å². The van der Waals surface area contributed by atoms with E-state index in [0.717, 1.165) is 43.1 Å². The predicted molar refractivity (Wildman–Crippen MR) is 106 cm³/mol. The lowest BCUT2D eigenvalue weighted by molar-refractivity contribution is -0.116. The molecule has 138 valence electrons. The van der Waals surface area contributed by atoms with Crippen molar-refractivity contribution >= 4 is 17.8 Å². The third-order valence-electron chi connectivity index (χ3n) is 4.57. The molecular formula is C21H23N5O. The highest BCUT2D eigenvalue weighted by Gasteiger charge is 2.15. The standard InChI is InChI=1S/C21H23N5O/c1-25-10-12-26(13-11-25)20-14-19(8-9-23-20)16-24-21(27)7-6-17-2-4-18(15-22)5-3-17/h2-9,14H,10-13,16H2,1H3,(H,24,27)/b7-6-. The van der Waals surface area contributed by atoms with Gasteiger partial charge in [-0.3, -0.25) is 4.79 Å². The van der Waals surface area contributed by atoms with Gasteiger partial charge >= 0.3 is 0 Å². The van der Waals surface area contributed by atoms with Gasteiger partial charge in [0.05, 0.1) is 11.6 Å². The van der Waals surface area contributed by atoms with E-state index in [0.29, 0.717) is 12.1 Å². The van der Waals surface area contributed by atoms with Gasteiger partial charge in [0.25, 0.3) is 0 Å². The van der Waals surface area contributed by atoms with Crippen LogP contribution in [0.2, 0.25) is 0 Å². The van der Waals surface area contributed by atoms with Crippen LogP contribution in [0.4, 0.5) is 5.82 Å². The summed E-state index contributed by atoms with van der Waals surface area (Å²) in [5, 5.41) is 11.7. The Morgan fingerprint density at radius 1 is 1.22 bits per heavy atom. The second kappa shape index (κ2) is 8.97. The average molecular weight is 361 g/mol. The fourth-order valence-electron chi connectivity index (χ4n) is 2.87. The Bertz CT molecular complexity index is 846. The molecular weight excluding hydrogens is 338 g/mol. The average Bonchev–Trinajstić information content (AvgIpc) is 2.72. The SMILES string of the molecule is CN1CCN(c2cc(CNC(=O)/C=C\c3ccc(C#N)cc3)ccn2)CC1. The van der Waals surface area contributed by atoms with Crippen LogP contribution in [-0.2, 0) is 11.3 Å². The van der Waals surface area contributed by atoms with Crippen molar-refractivity contribution in [3.8, 4) is 6.07 Å². The highest BCUT2D eigenvalue weighted by atomic mass is 16.1. The summed E-state index contributed by atoms with van der Waals surface area (Å²) in [7, 11) is 2.13. The Kier molecular flexibility index (Phi) is 6.18. The van der Waals surface area contributed by atoms with Crippen molar-refractivity contribution in [3.05, 3.63) is 65.4 Å². The van der Waals surface area contributed by atoms with E-state index in [1.807, 2.05) is 24.3 Å². The Morgan fingerprint density at radius 2 is 1.96 bits per heavy atom. The third-order valence-corrected chi connectivity index (χ3v) is 4.57. The number of nitrogens with zero attached hydrogens (tertiary/aromatic N) is 4. The number of anilines is 1. The Balaban J connectivity index is 1.53. The first-order chi connectivity index (χ1) is 13.1. The number of piperazine rings is 1. The number of carbonyl (C=O) groups is 1. The zero-order valence-electron chi connectivity index (χ0n) is 15.4. The van der Waals surface area contributed by atoms with Crippen LogP contribution >= 0.6 is 0 Å². The smallest absolute Gasteiger partial charge is 0.244 e. The number of nitriles is 1. The number of amides is 1. The Labute approximate surface area is 159 Å². The molecule has 0 saturated carbocycles. The monoisotopic (exact) mass is 361 g/mol. The second-order valence-corrected chi connectivity index (χ2v) is 6.60. The van der Waals surface area contributed by atoms with E-state index in [4.69, 9.17) is 5.26 Å². The number of rotatable bonds is 5. The molecule has 1 amide bonds. The van der Waals surface area contributed by atoms with Crippen molar-refractivity contribution in [1.29, 1.82) is 5.26 Å². The zero-order chi connectivity index (χ0) is 19.1. The fraction of sp³-hybridized carbons (Fsp3) is 0.286. The number of carbonyl (C=O) groups excluding carboxylic acids is 1. The molecule has 0 unspecified atom stereocenters. The topological polar surface area (TPSA) is 72.3 Å². The number of hydrogen-bond donors (Lipinski definition) is 1. The van der Waals surface area contributed by atoms with Crippen LogP contribution in [-0.4, -0.2) is 49.0 Å². The summed E-state index contributed by atoms with van der Waals surface area (Å²) >= 11 is 0. The first-order valence-electron chi connectivity index (χ1n) is 8.98. The molecule has 0 radical (unpaired) electrons. The fourth-order valence-corrected chi connectivity index (χ4v) is 2.87. The van der Waals surface area contributed by atoms with E-state index in [1.165, 1.54) is 6.08 Å². The summed E-state index contributed by atoms with van der Waals surface area (Å²) in [6.45, 7) is 4.45. The van der Waals surface area contributed by atoms with Gasteiger partial charge in [-0.05, 0) is 48.5 Å². The molecule has 6 heteroatoms. The number of pyridine rings is 1. The molecule has 0 atom stereocenters. The maximum atomic E-state index is 12.1. The Hall–Kier alpha value is -3.17. The molecule has 0 spiro atoms. The summed E-state index contributed by atoms with van der Waals surface area (Å²) in [6.07, 6.45) is 5.03. The van der Waals surface area contributed by atoms with Crippen LogP contribution in [0, 0.1) is 11.3 Å². The maximum Gasteiger partial charge on any atom is 0.244 e. The zero-order valence-corrected chi connectivity index (χ0v) is 15.4. The molecule has 1 fully saturated rings. The molecule has 1 N–H and O–H groups in total. The third kappa shape index (κ3) is 5.40.